The maximum Gasteiger partial charge on any atom is 0.264 e. The highest BCUT2D eigenvalue weighted by Gasteiger charge is 2.15. The van der Waals surface area contributed by atoms with Crippen LogP contribution in [0.15, 0.2) is 63.2 Å². The minimum atomic E-state index is -3.75. The van der Waals surface area contributed by atoms with Crippen molar-refractivity contribution in [3.05, 3.63) is 74.8 Å². The molecular weight excluding hydrogens is 400 g/mol. The molecule has 1 heterocycles. The highest BCUT2D eigenvalue weighted by Crippen LogP contribution is 2.21. The summed E-state index contributed by atoms with van der Waals surface area (Å²) in [5.74, 6) is -0.404. The van der Waals surface area contributed by atoms with Crippen molar-refractivity contribution in [2.75, 3.05) is 4.72 Å². The third-order valence-corrected chi connectivity index (χ3v) is 5.42. The van der Waals surface area contributed by atoms with E-state index in [1.165, 1.54) is 24.3 Å². The van der Waals surface area contributed by atoms with E-state index in [-0.39, 0.29) is 15.2 Å². The first-order valence-corrected chi connectivity index (χ1v) is 9.93. The largest absolute Gasteiger partial charge is 0.494 e. The van der Waals surface area contributed by atoms with Gasteiger partial charge in [-0.15, -0.1) is 0 Å². The molecule has 8 nitrogen and oxygen atoms in total. The average molecular weight is 416 g/mol. The first-order chi connectivity index (χ1) is 13.3. The smallest absolute Gasteiger partial charge is 0.264 e. The zero-order valence-corrected chi connectivity index (χ0v) is 16.3. The molecule has 0 aliphatic heterocycles. The summed E-state index contributed by atoms with van der Waals surface area (Å²) in [6.07, 6.45) is 1.16. The molecule has 0 unspecified atom stereocenters. The fourth-order valence-corrected chi connectivity index (χ4v) is 3.67. The number of para-hydroxylation sites is 1. The molecule has 0 bridgehead atoms. The van der Waals surface area contributed by atoms with E-state index in [2.05, 4.69) is 19.7 Å². The predicted molar refractivity (Wildman–Crippen MR) is 110 cm³/mol. The molecule has 0 aliphatic rings. The molecule has 0 saturated heterocycles. The van der Waals surface area contributed by atoms with Gasteiger partial charge in [0.1, 0.15) is 5.56 Å². The lowest BCUT2D eigenvalue weighted by molar-refractivity contribution is 0.449. The monoisotopic (exact) mass is 416 g/mol. The van der Waals surface area contributed by atoms with Crippen molar-refractivity contribution in [3.63, 3.8) is 0 Å². The van der Waals surface area contributed by atoms with E-state index in [0.29, 0.717) is 11.4 Å². The van der Waals surface area contributed by atoms with Gasteiger partial charge in [0.05, 0.1) is 16.3 Å². The summed E-state index contributed by atoms with van der Waals surface area (Å²) < 4.78 is 27.6. The van der Waals surface area contributed by atoms with Crippen LogP contribution >= 0.6 is 12.2 Å². The molecule has 0 fully saturated rings. The normalized spacial score (nSPS) is 11.6. The highest BCUT2D eigenvalue weighted by molar-refractivity contribution is 7.92. The number of nitrogens with zero attached hydrogens (tertiary/aromatic N) is 1. The summed E-state index contributed by atoms with van der Waals surface area (Å²) in [4.78, 5) is 20.7. The summed E-state index contributed by atoms with van der Waals surface area (Å²) in [5, 5.41) is 9.74. The fourth-order valence-electron chi connectivity index (χ4n) is 2.35. The van der Waals surface area contributed by atoms with Crippen LogP contribution in [-0.2, 0) is 10.0 Å². The van der Waals surface area contributed by atoms with Crippen LogP contribution in [0.2, 0.25) is 0 Å². The molecule has 144 valence electrons. The summed E-state index contributed by atoms with van der Waals surface area (Å²) in [6.45, 7) is 1.81. The molecule has 4 N–H and O–H groups in total. The van der Waals surface area contributed by atoms with E-state index in [1.54, 1.807) is 12.1 Å². The standard InChI is InChI=1S/C18H16N4O4S2/c1-11-4-2-3-5-15(11)22-28(25,26)13-8-6-12(7-9-13)19-10-14-16(23)20-18(27)21-17(14)24/h2-10,22H,1H3,(H3,20,21,23,24,27). The predicted octanol–water partition coefficient (Wildman–Crippen LogP) is 3.00. The number of aromatic nitrogens is 2. The van der Waals surface area contributed by atoms with Crippen LogP contribution in [0, 0.1) is 11.7 Å². The number of hydrogen-bond acceptors (Lipinski definition) is 6. The van der Waals surface area contributed by atoms with Crippen LogP contribution in [0.3, 0.4) is 0 Å². The topological polar surface area (TPSA) is 127 Å². The Kier molecular flexibility index (Phi) is 5.43. The number of hydrogen-bond donors (Lipinski definition) is 4. The minimum absolute atomic E-state index is 0.00429. The van der Waals surface area contributed by atoms with Gasteiger partial charge in [-0.05, 0) is 55.0 Å². The van der Waals surface area contributed by atoms with Gasteiger partial charge in [-0.25, -0.2) is 8.42 Å². The maximum absolute atomic E-state index is 12.5. The number of nitrogens with one attached hydrogen (secondary N) is 3. The molecule has 3 rings (SSSR count). The maximum atomic E-state index is 12.5. The Balaban J connectivity index is 1.83. The van der Waals surface area contributed by atoms with Crippen LogP contribution < -0.4 is 10.3 Å². The lowest BCUT2D eigenvalue weighted by atomic mass is 10.2. The third kappa shape index (κ3) is 4.35. The van der Waals surface area contributed by atoms with E-state index < -0.39 is 21.5 Å². The number of rotatable bonds is 5. The molecule has 0 spiro atoms. The second kappa shape index (κ2) is 7.79. The first kappa shape index (κ1) is 19.5. The second-order valence-electron chi connectivity index (χ2n) is 5.84. The molecule has 0 radical (unpaired) electrons. The van der Waals surface area contributed by atoms with Crippen molar-refractivity contribution < 1.29 is 13.5 Å². The highest BCUT2D eigenvalue weighted by atomic mass is 32.2. The van der Waals surface area contributed by atoms with Crippen molar-refractivity contribution in [2.45, 2.75) is 11.8 Å². The van der Waals surface area contributed by atoms with Crippen molar-refractivity contribution >= 4 is 39.8 Å². The lowest BCUT2D eigenvalue weighted by Gasteiger charge is -2.10. The molecule has 1 aromatic heterocycles. The number of anilines is 1. The number of aromatic hydroxyl groups is 1. The number of aryl methyl sites for hydroxylation is 1. The molecule has 0 amide bonds. The van der Waals surface area contributed by atoms with Crippen molar-refractivity contribution in [1.82, 2.24) is 9.97 Å². The fraction of sp³-hybridized carbons (Fsp3) is 0.0556. The SMILES string of the molecule is Cc1ccccc1NS(=O)(=O)c1ccc(N=Cc2c(O)[nH]c(=S)[nH]c2=O)cc1. The van der Waals surface area contributed by atoms with Gasteiger partial charge in [-0.2, -0.15) is 0 Å². The Morgan fingerprint density at radius 3 is 2.43 bits per heavy atom. The Morgan fingerprint density at radius 1 is 1.11 bits per heavy atom. The van der Waals surface area contributed by atoms with Crippen LogP contribution in [-0.4, -0.2) is 29.7 Å². The summed E-state index contributed by atoms with van der Waals surface area (Å²) in [7, 11) is -3.75. The average Bonchev–Trinajstić information content (AvgIpc) is 2.63. The van der Waals surface area contributed by atoms with Gasteiger partial charge in [0, 0.05) is 6.21 Å². The van der Waals surface area contributed by atoms with Gasteiger partial charge < -0.3 is 10.1 Å². The van der Waals surface area contributed by atoms with E-state index in [1.807, 2.05) is 19.1 Å². The zero-order valence-electron chi connectivity index (χ0n) is 14.6. The van der Waals surface area contributed by atoms with Crippen molar-refractivity contribution in [3.8, 4) is 5.88 Å². The van der Waals surface area contributed by atoms with Gasteiger partial charge in [0.2, 0.25) is 5.88 Å². The molecule has 0 atom stereocenters. The number of sulfonamides is 1. The first-order valence-electron chi connectivity index (χ1n) is 8.04. The van der Waals surface area contributed by atoms with Crippen molar-refractivity contribution in [2.24, 2.45) is 4.99 Å². The number of benzene rings is 2. The Hall–Kier alpha value is -3.24. The lowest BCUT2D eigenvalue weighted by Crippen LogP contribution is -2.13. The van der Waals surface area contributed by atoms with E-state index >= 15 is 0 Å². The van der Waals surface area contributed by atoms with Gasteiger partial charge in [-0.3, -0.25) is 19.5 Å². The summed E-state index contributed by atoms with van der Waals surface area (Å²) >= 11 is 4.75. The molecular formula is C18H16N4O4S2. The zero-order chi connectivity index (χ0) is 20.3. The summed E-state index contributed by atoms with van der Waals surface area (Å²) in [6, 6.07) is 12.8. The van der Waals surface area contributed by atoms with E-state index in [9.17, 15) is 18.3 Å². The van der Waals surface area contributed by atoms with E-state index in [4.69, 9.17) is 12.2 Å². The van der Waals surface area contributed by atoms with Crippen LogP contribution in [0.1, 0.15) is 11.1 Å². The van der Waals surface area contributed by atoms with Gasteiger partial charge in [-0.1, -0.05) is 18.2 Å². The van der Waals surface area contributed by atoms with E-state index in [0.717, 1.165) is 11.8 Å². The third-order valence-electron chi connectivity index (χ3n) is 3.84. The molecule has 28 heavy (non-hydrogen) atoms. The van der Waals surface area contributed by atoms with Crippen LogP contribution in [0.25, 0.3) is 0 Å². The Morgan fingerprint density at radius 2 is 1.79 bits per heavy atom. The number of H-pyrrole nitrogens is 2. The van der Waals surface area contributed by atoms with Crippen LogP contribution in [0.5, 0.6) is 5.88 Å². The van der Waals surface area contributed by atoms with Gasteiger partial charge in [0.15, 0.2) is 4.77 Å². The molecule has 0 aliphatic carbocycles. The van der Waals surface area contributed by atoms with Crippen LogP contribution in [0.4, 0.5) is 11.4 Å². The van der Waals surface area contributed by atoms with Gasteiger partial charge in [0.25, 0.3) is 15.6 Å². The van der Waals surface area contributed by atoms with Gasteiger partial charge >= 0.3 is 0 Å². The quantitative estimate of drug-likeness (QED) is 0.376. The minimum Gasteiger partial charge on any atom is -0.494 e. The number of aromatic amines is 2. The second-order valence-corrected chi connectivity index (χ2v) is 7.93. The summed E-state index contributed by atoms with van der Waals surface area (Å²) in [5.41, 5.74) is 1.02. The molecule has 10 heteroatoms. The van der Waals surface area contributed by atoms with Crippen molar-refractivity contribution in [1.29, 1.82) is 0 Å². The molecule has 0 saturated carbocycles. The Labute approximate surface area is 165 Å². The molecule has 3 aromatic rings. The Bertz CT molecular complexity index is 1260. The number of aliphatic imine (C=N–C) groups is 1. The molecule has 2 aromatic carbocycles.